The normalized spacial score (nSPS) is 22.6. The topological polar surface area (TPSA) is 76.1 Å². The number of hydrogen-bond donors (Lipinski definition) is 1. The first kappa shape index (κ1) is 19.6. The van der Waals surface area contributed by atoms with Crippen molar-refractivity contribution in [1.82, 2.24) is 4.90 Å². The van der Waals surface area contributed by atoms with Crippen LogP contribution in [-0.4, -0.2) is 43.2 Å². The van der Waals surface area contributed by atoms with Crippen molar-refractivity contribution in [2.45, 2.75) is 12.1 Å². The Kier molecular flexibility index (Phi) is 5.80. The second-order valence-electron chi connectivity index (χ2n) is 6.63. The largest absolute Gasteiger partial charge is 0.511 e. The summed E-state index contributed by atoms with van der Waals surface area (Å²) in [4.78, 5) is 27.1. The molecule has 0 radical (unpaired) electrons. The Labute approximate surface area is 164 Å². The summed E-state index contributed by atoms with van der Waals surface area (Å²) in [5, 5.41) is 11.1. The Hall–Kier alpha value is -3.12. The predicted octanol–water partition coefficient (Wildman–Crippen LogP) is 3.19. The lowest BCUT2D eigenvalue weighted by molar-refractivity contribution is -0.149. The van der Waals surface area contributed by atoms with Crippen LogP contribution >= 0.6 is 0 Å². The Morgan fingerprint density at radius 3 is 1.93 bits per heavy atom. The maximum atomic E-state index is 12.6. The molecule has 0 spiro atoms. The number of likely N-dealkylation sites (N-methyl/N-ethyl adjacent to an activating group) is 1. The van der Waals surface area contributed by atoms with Crippen molar-refractivity contribution in [2.75, 3.05) is 21.3 Å². The van der Waals surface area contributed by atoms with E-state index in [1.54, 1.807) is 0 Å². The zero-order valence-corrected chi connectivity index (χ0v) is 16.0. The molecular weight excluding hydrogens is 358 g/mol. The van der Waals surface area contributed by atoms with E-state index in [1.807, 2.05) is 72.6 Å². The lowest BCUT2D eigenvalue weighted by Crippen LogP contribution is -2.45. The molecule has 0 aromatic heterocycles. The quantitative estimate of drug-likeness (QED) is 0.820. The minimum absolute atomic E-state index is 0.0405. The molecule has 6 nitrogen and oxygen atoms in total. The van der Waals surface area contributed by atoms with E-state index in [0.717, 1.165) is 11.1 Å². The number of hydrogen-bond acceptors (Lipinski definition) is 6. The number of carbonyl (C=O) groups is 2. The summed E-state index contributed by atoms with van der Waals surface area (Å²) in [6.07, 6.45) is 0. The van der Waals surface area contributed by atoms with Crippen LogP contribution in [0.25, 0.3) is 0 Å². The van der Waals surface area contributed by atoms with Gasteiger partial charge in [0.15, 0.2) is 0 Å². The summed E-state index contributed by atoms with van der Waals surface area (Å²) in [6.45, 7) is 0. The van der Waals surface area contributed by atoms with Crippen LogP contribution in [0.4, 0.5) is 0 Å². The highest BCUT2D eigenvalue weighted by Crippen LogP contribution is 2.47. The first-order valence-electron chi connectivity index (χ1n) is 8.92. The van der Waals surface area contributed by atoms with Crippen LogP contribution in [-0.2, 0) is 19.1 Å². The van der Waals surface area contributed by atoms with Gasteiger partial charge in [-0.05, 0) is 18.2 Å². The number of aliphatic hydroxyl groups excluding tert-OH is 1. The van der Waals surface area contributed by atoms with E-state index in [-0.39, 0.29) is 11.3 Å². The van der Waals surface area contributed by atoms with E-state index in [0.29, 0.717) is 0 Å². The van der Waals surface area contributed by atoms with Crippen molar-refractivity contribution in [3.63, 3.8) is 0 Å². The van der Waals surface area contributed by atoms with Crippen molar-refractivity contribution < 1.29 is 24.2 Å². The van der Waals surface area contributed by atoms with Gasteiger partial charge < -0.3 is 14.6 Å². The van der Waals surface area contributed by atoms with Gasteiger partial charge in [0.05, 0.1) is 31.9 Å². The number of ether oxygens (including phenoxy) is 2. The van der Waals surface area contributed by atoms with Gasteiger partial charge in [-0.2, -0.15) is 0 Å². The number of benzene rings is 2. The summed E-state index contributed by atoms with van der Waals surface area (Å²) < 4.78 is 9.88. The third kappa shape index (κ3) is 3.39. The summed E-state index contributed by atoms with van der Waals surface area (Å²) >= 11 is 0. The SMILES string of the molecule is COC(=O)C1=C(O)[C@H](C(=O)OC)[C@@H](c2ccccc2)N(C)[C@@H]1c1ccccc1. The Balaban J connectivity index is 2.26. The average Bonchev–Trinajstić information content (AvgIpc) is 2.74. The van der Waals surface area contributed by atoms with E-state index in [9.17, 15) is 14.7 Å². The van der Waals surface area contributed by atoms with E-state index >= 15 is 0 Å². The van der Waals surface area contributed by atoms with Crippen molar-refractivity contribution in [1.29, 1.82) is 0 Å². The number of esters is 2. The minimum Gasteiger partial charge on any atom is -0.511 e. The van der Waals surface area contributed by atoms with Crippen LogP contribution in [0.2, 0.25) is 0 Å². The molecule has 0 aliphatic carbocycles. The second-order valence-corrected chi connectivity index (χ2v) is 6.63. The van der Waals surface area contributed by atoms with Gasteiger partial charge in [-0.15, -0.1) is 0 Å². The third-order valence-corrected chi connectivity index (χ3v) is 5.12. The van der Waals surface area contributed by atoms with Crippen LogP contribution in [0.1, 0.15) is 23.2 Å². The van der Waals surface area contributed by atoms with Crippen molar-refractivity contribution in [3.8, 4) is 0 Å². The summed E-state index contributed by atoms with van der Waals surface area (Å²) in [5.74, 6) is -2.67. The molecule has 2 aromatic carbocycles. The van der Waals surface area contributed by atoms with Gasteiger partial charge in [-0.3, -0.25) is 9.69 Å². The molecule has 6 heteroatoms. The molecule has 146 valence electrons. The number of rotatable bonds is 4. The van der Waals surface area contributed by atoms with E-state index in [4.69, 9.17) is 9.47 Å². The van der Waals surface area contributed by atoms with Gasteiger partial charge in [0.2, 0.25) is 0 Å². The Morgan fingerprint density at radius 1 is 0.893 bits per heavy atom. The smallest absolute Gasteiger partial charge is 0.339 e. The molecule has 3 rings (SSSR count). The first-order chi connectivity index (χ1) is 13.5. The molecule has 0 bridgehead atoms. The lowest BCUT2D eigenvalue weighted by Gasteiger charge is -2.43. The van der Waals surface area contributed by atoms with Gasteiger partial charge in [0.25, 0.3) is 0 Å². The van der Waals surface area contributed by atoms with Gasteiger partial charge in [-0.25, -0.2) is 4.79 Å². The number of aliphatic hydroxyl groups is 1. The molecule has 28 heavy (non-hydrogen) atoms. The fourth-order valence-corrected chi connectivity index (χ4v) is 3.87. The number of carbonyl (C=O) groups excluding carboxylic acids is 2. The summed E-state index contributed by atoms with van der Waals surface area (Å²) in [7, 11) is 4.33. The zero-order chi connectivity index (χ0) is 20.3. The predicted molar refractivity (Wildman–Crippen MR) is 103 cm³/mol. The van der Waals surface area contributed by atoms with Crippen molar-refractivity contribution in [3.05, 3.63) is 83.1 Å². The Morgan fingerprint density at radius 2 is 1.43 bits per heavy atom. The molecule has 3 atom stereocenters. The Bertz CT molecular complexity index is 878. The molecule has 1 aliphatic rings. The van der Waals surface area contributed by atoms with Crippen LogP contribution in [0, 0.1) is 5.92 Å². The second kappa shape index (κ2) is 8.27. The fraction of sp³-hybridized carbons (Fsp3) is 0.273. The summed E-state index contributed by atoms with van der Waals surface area (Å²) in [5.41, 5.74) is 1.68. The third-order valence-electron chi connectivity index (χ3n) is 5.12. The number of methoxy groups -OCH3 is 2. The van der Waals surface area contributed by atoms with Crippen LogP contribution in [0.3, 0.4) is 0 Å². The van der Waals surface area contributed by atoms with Gasteiger partial charge in [0.1, 0.15) is 11.7 Å². The van der Waals surface area contributed by atoms with Crippen LogP contribution in [0.15, 0.2) is 72.0 Å². The molecule has 1 aliphatic heterocycles. The summed E-state index contributed by atoms with van der Waals surface area (Å²) in [6, 6.07) is 17.6. The first-order valence-corrected chi connectivity index (χ1v) is 8.92. The van der Waals surface area contributed by atoms with E-state index in [1.165, 1.54) is 14.2 Å². The van der Waals surface area contributed by atoms with Crippen molar-refractivity contribution in [2.24, 2.45) is 5.92 Å². The molecule has 0 fully saturated rings. The zero-order valence-electron chi connectivity index (χ0n) is 16.0. The van der Waals surface area contributed by atoms with Gasteiger partial charge in [0, 0.05) is 0 Å². The van der Waals surface area contributed by atoms with E-state index < -0.39 is 29.9 Å². The van der Waals surface area contributed by atoms with E-state index in [2.05, 4.69) is 0 Å². The van der Waals surface area contributed by atoms with Crippen molar-refractivity contribution >= 4 is 11.9 Å². The highest BCUT2D eigenvalue weighted by Gasteiger charge is 2.48. The maximum Gasteiger partial charge on any atom is 0.339 e. The fourth-order valence-electron chi connectivity index (χ4n) is 3.87. The van der Waals surface area contributed by atoms with Crippen LogP contribution in [0.5, 0.6) is 0 Å². The average molecular weight is 381 g/mol. The molecule has 1 heterocycles. The standard InChI is InChI=1S/C22H23NO5/c1-23-18(14-10-6-4-7-11-14)16(21(25)27-2)20(24)17(22(26)28-3)19(23)15-12-8-5-9-13-15/h4-13,16,18-19,24H,1-3H3/t16-,18-,19-/m1/s1. The highest BCUT2D eigenvalue weighted by atomic mass is 16.5. The molecule has 1 N–H and O–H groups in total. The molecular formula is C22H23NO5. The monoisotopic (exact) mass is 381 g/mol. The number of nitrogens with zero attached hydrogens (tertiary/aromatic N) is 1. The molecule has 2 aromatic rings. The maximum absolute atomic E-state index is 12.6. The minimum atomic E-state index is -1.05. The lowest BCUT2D eigenvalue weighted by atomic mass is 9.79. The molecule has 0 saturated carbocycles. The molecule has 0 amide bonds. The molecule has 0 saturated heterocycles. The molecule has 0 unspecified atom stereocenters. The van der Waals surface area contributed by atoms with Crippen LogP contribution < -0.4 is 0 Å². The van der Waals surface area contributed by atoms with Gasteiger partial charge in [-0.1, -0.05) is 60.7 Å². The van der Waals surface area contributed by atoms with Gasteiger partial charge >= 0.3 is 11.9 Å². The highest BCUT2D eigenvalue weighted by molar-refractivity contribution is 5.93.